The number of carbonyl (C=O) groups is 1. The molecular weight excluding hydrogens is 322 g/mol. The van der Waals surface area contributed by atoms with Crippen molar-refractivity contribution in [2.45, 2.75) is 25.8 Å². The normalized spacial score (nSPS) is 19.1. The number of amides is 2. The van der Waals surface area contributed by atoms with Gasteiger partial charge in [0.1, 0.15) is 0 Å². The standard InChI is InChI=1S/C18H23N3O2S/c1-13(17-19-11-14(2)24-17)10-20-18(22)21-8-9-23-12-16(21)15-6-4-3-5-7-15/h3-7,11,13,16H,8-10,12H2,1-2H3,(H,20,22). The highest BCUT2D eigenvalue weighted by Gasteiger charge is 2.28. The van der Waals surface area contributed by atoms with Crippen molar-refractivity contribution in [3.63, 3.8) is 0 Å². The van der Waals surface area contributed by atoms with E-state index in [-0.39, 0.29) is 18.0 Å². The second kappa shape index (κ2) is 7.77. The minimum atomic E-state index is -0.0349. The van der Waals surface area contributed by atoms with Gasteiger partial charge in [0, 0.05) is 30.1 Å². The first-order valence-corrected chi connectivity index (χ1v) is 9.06. The number of ether oxygens (including phenoxy) is 1. The lowest BCUT2D eigenvalue weighted by molar-refractivity contribution is 0.0116. The van der Waals surface area contributed by atoms with E-state index in [0.717, 1.165) is 10.6 Å². The quantitative estimate of drug-likeness (QED) is 0.925. The summed E-state index contributed by atoms with van der Waals surface area (Å²) in [4.78, 5) is 20.1. The highest BCUT2D eigenvalue weighted by Crippen LogP contribution is 2.24. The number of benzene rings is 1. The molecule has 5 nitrogen and oxygen atoms in total. The molecule has 1 aliphatic rings. The van der Waals surface area contributed by atoms with E-state index < -0.39 is 0 Å². The van der Waals surface area contributed by atoms with Gasteiger partial charge in [-0.1, -0.05) is 37.3 Å². The first kappa shape index (κ1) is 16.9. The minimum absolute atomic E-state index is 0.0302. The van der Waals surface area contributed by atoms with E-state index in [4.69, 9.17) is 4.74 Å². The summed E-state index contributed by atoms with van der Waals surface area (Å²) < 4.78 is 5.58. The number of thiazole rings is 1. The molecule has 3 rings (SSSR count). The van der Waals surface area contributed by atoms with Gasteiger partial charge in [-0.15, -0.1) is 11.3 Å². The second-order valence-corrected chi connectivity index (χ2v) is 7.36. The molecule has 2 aromatic rings. The molecule has 0 radical (unpaired) electrons. The van der Waals surface area contributed by atoms with Crippen LogP contribution in [0, 0.1) is 6.92 Å². The number of nitrogens with zero attached hydrogens (tertiary/aromatic N) is 2. The molecule has 0 spiro atoms. The van der Waals surface area contributed by atoms with Gasteiger partial charge in [-0.3, -0.25) is 0 Å². The third kappa shape index (κ3) is 3.94. The van der Waals surface area contributed by atoms with Crippen molar-refractivity contribution in [1.29, 1.82) is 0 Å². The lowest BCUT2D eigenvalue weighted by Gasteiger charge is -2.36. The summed E-state index contributed by atoms with van der Waals surface area (Å²) in [7, 11) is 0. The highest BCUT2D eigenvalue weighted by atomic mass is 32.1. The predicted octanol–water partition coefficient (Wildman–Crippen LogP) is 3.34. The fourth-order valence-electron chi connectivity index (χ4n) is 2.83. The van der Waals surface area contributed by atoms with Gasteiger partial charge in [-0.05, 0) is 12.5 Å². The van der Waals surface area contributed by atoms with E-state index >= 15 is 0 Å². The van der Waals surface area contributed by atoms with Gasteiger partial charge in [-0.2, -0.15) is 0 Å². The van der Waals surface area contributed by atoms with E-state index in [2.05, 4.69) is 17.2 Å². The Morgan fingerprint density at radius 2 is 2.25 bits per heavy atom. The zero-order valence-corrected chi connectivity index (χ0v) is 14.9. The van der Waals surface area contributed by atoms with E-state index in [1.807, 2.05) is 48.4 Å². The third-order valence-corrected chi connectivity index (χ3v) is 5.34. The van der Waals surface area contributed by atoms with Crippen molar-refractivity contribution in [3.05, 3.63) is 52.0 Å². The van der Waals surface area contributed by atoms with E-state index in [1.165, 1.54) is 4.88 Å². The van der Waals surface area contributed by atoms with Crippen LogP contribution in [-0.4, -0.2) is 42.2 Å². The fraction of sp³-hybridized carbons (Fsp3) is 0.444. The summed E-state index contributed by atoms with van der Waals surface area (Å²) in [5.74, 6) is 0.212. The Morgan fingerprint density at radius 1 is 1.46 bits per heavy atom. The van der Waals surface area contributed by atoms with Crippen LogP contribution in [0.3, 0.4) is 0 Å². The SMILES string of the molecule is Cc1cnc(C(C)CNC(=O)N2CCOCC2c2ccccc2)s1. The van der Waals surface area contributed by atoms with Gasteiger partial charge in [0.25, 0.3) is 0 Å². The first-order chi connectivity index (χ1) is 11.6. The topological polar surface area (TPSA) is 54.5 Å². The molecule has 1 aromatic heterocycles. The van der Waals surface area contributed by atoms with Crippen LogP contribution in [0.2, 0.25) is 0 Å². The minimum Gasteiger partial charge on any atom is -0.377 e. The average Bonchev–Trinajstić information content (AvgIpc) is 3.06. The van der Waals surface area contributed by atoms with Crippen LogP contribution in [0.1, 0.15) is 34.3 Å². The van der Waals surface area contributed by atoms with Crippen LogP contribution in [0.5, 0.6) is 0 Å². The van der Waals surface area contributed by atoms with E-state index in [1.54, 1.807) is 11.3 Å². The van der Waals surface area contributed by atoms with Gasteiger partial charge in [-0.25, -0.2) is 9.78 Å². The van der Waals surface area contributed by atoms with E-state index in [0.29, 0.717) is 26.3 Å². The van der Waals surface area contributed by atoms with Crippen LogP contribution in [0.25, 0.3) is 0 Å². The first-order valence-electron chi connectivity index (χ1n) is 8.24. The molecule has 128 valence electrons. The zero-order valence-electron chi connectivity index (χ0n) is 14.1. The largest absolute Gasteiger partial charge is 0.377 e. The van der Waals surface area contributed by atoms with Gasteiger partial charge in [0.15, 0.2) is 0 Å². The molecule has 0 bridgehead atoms. The van der Waals surface area contributed by atoms with Crippen molar-refractivity contribution in [2.75, 3.05) is 26.3 Å². The number of aryl methyl sites for hydroxylation is 1. The lowest BCUT2D eigenvalue weighted by Crippen LogP contribution is -2.48. The monoisotopic (exact) mass is 345 g/mol. The van der Waals surface area contributed by atoms with Crippen LogP contribution in [-0.2, 0) is 4.74 Å². The summed E-state index contributed by atoms with van der Waals surface area (Å²) >= 11 is 1.68. The van der Waals surface area contributed by atoms with Crippen molar-refractivity contribution >= 4 is 17.4 Å². The Bertz CT molecular complexity index is 674. The zero-order chi connectivity index (χ0) is 16.9. The summed E-state index contributed by atoms with van der Waals surface area (Å²) in [6.45, 7) is 6.45. The fourth-order valence-corrected chi connectivity index (χ4v) is 3.65. The van der Waals surface area contributed by atoms with Crippen LogP contribution >= 0.6 is 11.3 Å². The number of aromatic nitrogens is 1. The Labute approximate surface area is 146 Å². The maximum atomic E-state index is 12.7. The molecular formula is C18H23N3O2S. The van der Waals surface area contributed by atoms with Gasteiger partial charge in [0.2, 0.25) is 0 Å². The average molecular weight is 345 g/mol. The summed E-state index contributed by atoms with van der Waals surface area (Å²) in [5, 5.41) is 4.12. The summed E-state index contributed by atoms with van der Waals surface area (Å²) in [6.07, 6.45) is 1.88. The number of morpholine rings is 1. The lowest BCUT2D eigenvalue weighted by atomic mass is 10.1. The summed E-state index contributed by atoms with van der Waals surface area (Å²) in [5.41, 5.74) is 1.11. The molecule has 1 aromatic carbocycles. The Morgan fingerprint density at radius 3 is 2.96 bits per heavy atom. The number of hydrogen-bond donors (Lipinski definition) is 1. The molecule has 0 aliphatic carbocycles. The van der Waals surface area contributed by atoms with Crippen molar-refractivity contribution in [2.24, 2.45) is 0 Å². The number of carbonyl (C=O) groups excluding carboxylic acids is 1. The number of nitrogens with one attached hydrogen (secondary N) is 1. The molecule has 1 fully saturated rings. The molecule has 2 amide bonds. The number of rotatable bonds is 4. The Kier molecular flexibility index (Phi) is 5.48. The van der Waals surface area contributed by atoms with Gasteiger partial charge >= 0.3 is 6.03 Å². The summed E-state index contributed by atoms with van der Waals surface area (Å²) in [6, 6.07) is 9.99. The predicted molar refractivity (Wildman–Crippen MR) is 95.4 cm³/mol. The Hall–Kier alpha value is -1.92. The molecule has 6 heteroatoms. The molecule has 2 atom stereocenters. The van der Waals surface area contributed by atoms with Crippen molar-refractivity contribution < 1.29 is 9.53 Å². The van der Waals surface area contributed by atoms with Crippen LogP contribution < -0.4 is 5.32 Å². The smallest absolute Gasteiger partial charge is 0.318 e. The number of hydrogen-bond acceptors (Lipinski definition) is 4. The van der Waals surface area contributed by atoms with Crippen molar-refractivity contribution in [3.8, 4) is 0 Å². The highest BCUT2D eigenvalue weighted by molar-refractivity contribution is 7.11. The van der Waals surface area contributed by atoms with Gasteiger partial charge < -0.3 is 15.0 Å². The molecule has 0 saturated carbocycles. The number of urea groups is 1. The second-order valence-electron chi connectivity index (χ2n) is 6.09. The Balaban J connectivity index is 1.62. The maximum absolute atomic E-state index is 12.7. The molecule has 1 saturated heterocycles. The molecule has 1 aliphatic heterocycles. The molecule has 2 heterocycles. The van der Waals surface area contributed by atoms with Crippen LogP contribution in [0.4, 0.5) is 4.79 Å². The third-order valence-electron chi connectivity index (χ3n) is 4.19. The molecule has 1 N–H and O–H groups in total. The van der Waals surface area contributed by atoms with Gasteiger partial charge in [0.05, 0.1) is 24.3 Å². The molecule has 24 heavy (non-hydrogen) atoms. The molecule has 2 unspecified atom stereocenters. The maximum Gasteiger partial charge on any atom is 0.318 e. The van der Waals surface area contributed by atoms with Crippen LogP contribution in [0.15, 0.2) is 36.5 Å². The van der Waals surface area contributed by atoms with E-state index in [9.17, 15) is 4.79 Å². The van der Waals surface area contributed by atoms with Crippen molar-refractivity contribution in [1.82, 2.24) is 15.2 Å².